The van der Waals surface area contributed by atoms with Crippen LogP contribution in [0.5, 0.6) is 0 Å². The highest BCUT2D eigenvalue weighted by atomic mass is 32.1. The molecule has 0 radical (unpaired) electrons. The molecule has 1 aromatic carbocycles. The number of rotatable bonds is 7. The van der Waals surface area contributed by atoms with Gasteiger partial charge in [0.05, 0.1) is 23.2 Å². The fourth-order valence-corrected chi connectivity index (χ4v) is 5.90. The lowest BCUT2D eigenvalue weighted by Gasteiger charge is -2.52. The Morgan fingerprint density at radius 3 is 2.55 bits per heavy atom. The molecule has 1 fully saturated rings. The largest absolute Gasteiger partial charge is 0.324 e. The van der Waals surface area contributed by atoms with Crippen LogP contribution in [0.25, 0.3) is 10.9 Å². The summed E-state index contributed by atoms with van der Waals surface area (Å²) in [6, 6.07) is 13.9. The second-order valence-electron chi connectivity index (χ2n) is 10.7. The average Bonchev–Trinajstić information content (AvgIpc) is 3.25. The predicted octanol–water partition coefficient (Wildman–Crippen LogP) is 6.46. The van der Waals surface area contributed by atoms with Crippen LogP contribution in [0, 0.1) is 5.41 Å². The first-order valence-electron chi connectivity index (χ1n) is 11.7. The van der Waals surface area contributed by atoms with Crippen molar-refractivity contribution in [2.75, 3.05) is 11.9 Å². The summed E-state index contributed by atoms with van der Waals surface area (Å²) in [4.78, 5) is 26.0. The number of fused-ring (bicyclic) bond motifs is 1. The highest BCUT2D eigenvalue weighted by Crippen LogP contribution is 2.39. The molecule has 3 aromatic rings. The predicted molar refractivity (Wildman–Crippen MR) is 136 cm³/mol. The summed E-state index contributed by atoms with van der Waals surface area (Å²) in [5.74, 6) is -0.0540. The molecule has 1 unspecified atom stereocenters. The third kappa shape index (κ3) is 5.13. The molecule has 1 atom stereocenters. The number of piperidine rings is 1. The molecule has 1 aliphatic heterocycles. The molecular weight excluding hydrogens is 430 g/mol. The summed E-state index contributed by atoms with van der Waals surface area (Å²) in [5, 5.41) is 8.37. The van der Waals surface area contributed by atoms with E-state index in [0.29, 0.717) is 13.0 Å². The van der Waals surface area contributed by atoms with Crippen LogP contribution in [-0.2, 0) is 16.1 Å². The minimum Gasteiger partial charge on any atom is -0.324 e. The van der Waals surface area contributed by atoms with E-state index < -0.39 is 5.41 Å². The number of thiophene rings is 1. The molecule has 33 heavy (non-hydrogen) atoms. The SMILES string of the molecule is CC(CON1C(C)(C)CCCC1(C)C)(Cc1cccs1)C(=O)Nc1cccc2cccnc12. The van der Waals surface area contributed by atoms with Crippen LogP contribution in [0.1, 0.15) is 58.8 Å². The maximum atomic E-state index is 13.8. The third-order valence-electron chi connectivity index (χ3n) is 6.76. The van der Waals surface area contributed by atoms with E-state index in [0.717, 1.165) is 29.4 Å². The number of anilines is 1. The second kappa shape index (κ2) is 9.16. The monoisotopic (exact) mass is 465 g/mol. The van der Waals surface area contributed by atoms with Crippen molar-refractivity contribution < 1.29 is 9.63 Å². The van der Waals surface area contributed by atoms with Crippen LogP contribution in [-0.4, -0.2) is 33.6 Å². The molecule has 3 heterocycles. The van der Waals surface area contributed by atoms with Gasteiger partial charge in [0.2, 0.25) is 5.91 Å². The molecule has 1 aliphatic rings. The van der Waals surface area contributed by atoms with Gasteiger partial charge in [-0.2, -0.15) is 5.06 Å². The Bertz CT molecular complexity index is 1090. The van der Waals surface area contributed by atoms with E-state index in [1.165, 1.54) is 11.3 Å². The molecule has 1 amide bonds. The zero-order valence-corrected chi connectivity index (χ0v) is 21.2. The van der Waals surface area contributed by atoms with Gasteiger partial charge in [-0.1, -0.05) is 24.3 Å². The normalized spacial score (nSPS) is 19.8. The molecule has 2 aromatic heterocycles. The van der Waals surface area contributed by atoms with Gasteiger partial charge < -0.3 is 5.32 Å². The van der Waals surface area contributed by atoms with Crippen LogP contribution >= 0.6 is 11.3 Å². The number of aromatic nitrogens is 1. The number of carbonyl (C=O) groups is 1. The van der Waals surface area contributed by atoms with Gasteiger partial charge in [0.25, 0.3) is 0 Å². The summed E-state index contributed by atoms with van der Waals surface area (Å²) in [7, 11) is 0. The smallest absolute Gasteiger partial charge is 0.233 e. The maximum absolute atomic E-state index is 13.8. The van der Waals surface area contributed by atoms with Gasteiger partial charge >= 0.3 is 0 Å². The fourth-order valence-electron chi connectivity index (χ4n) is 5.01. The van der Waals surface area contributed by atoms with Gasteiger partial charge in [0, 0.05) is 27.5 Å². The summed E-state index contributed by atoms with van der Waals surface area (Å²) < 4.78 is 0. The van der Waals surface area contributed by atoms with Crippen LogP contribution in [0.2, 0.25) is 0 Å². The number of pyridine rings is 1. The van der Waals surface area contributed by atoms with E-state index in [4.69, 9.17) is 4.84 Å². The lowest BCUT2D eigenvalue weighted by molar-refractivity contribution is -0.290. The Balaban J connectivity index is 1.60. The number of nitrogens with one attached hydrogen (secondary N) is 1. The highest BCUT2D eigenvalue weighted by molar-refractivity contribution is 7.09. The Labute approximate surface area is 201 Å². The van der Waals surface area contributed by atoms with Crippen LogP contribution in [0.3, 0.4) is 0 Å². The first kappa shape index (κ1) is 23.9. The first-order valence-corrected chi connectivity index (χ1v) is 12.6. The number of hydroxylamine groups is 2. The van der Waals surface area contributed by atoms with Gasteiger partial charge in [-0.25, -0.2) is 0 Å². The number of amides is 1. The molecule has 0 bridgehead atoms. The quantitative estimate of drug-likeness (QED) is 0.435. The van der Waals surface area contributed by atoms with Crippen LogP contribution in [0.4, 0.5) is 5.69 Å². The van der Waals surface area contributed by atoms with Gasteiger partial charge in [-0.05, 0) is 83.9 Å². The zero-order valence-electron chi connectivity index (χ0n) is 20.4. The van der Waals surface area contributed by atoms with E-state index in [9.17, 15) is 4.79 Å². The van der Waals surface area contributed by atoms with E-state index in [1.807, 2.05) is 43.3 Å². The molecule has 1 N–H and O–H groups in total. The topological polar surface area (TPSA) is 54.5 Å². The molecular formula is C27H35N3O2S. The fraction of sp³-hybridized carbons (Fsp3) is 0.481. The molecule has 6 heteroatoms. The third-order valence-corrected chi connectivity index (χ3v) is 7.64. The molecule has 5 nitrogen and oxygen atoms in total. The maximum Gasteiger partial charge on any atom is 0.233 e. The lowest BCUT2D eigenvalue weighted by atomic mass is 9.82. The van der Waals surface area contributed by atoms with Crippen LogP contribution < -0.4 is 5.32 Å². The molecule has 4 rings (SSSR count). The summed E-state index contributed by atoms with van der Waals surface area (Å²) in [6.07, 6.45) is 5.70. The van der Waals surface area contributed by atoms with Crippen molar-refractivity contribution in [2.45, 2.75) is 71.4 Å². The Hall–Kier alpha value is -2.28. The van der Waals surface area contributed by atoms with Crippen LogP contribution in [0.15, 0.2) is 54.0 Å². The molecule has 176 valence electrons. The van der Waals surface area contributed by atoms with Crippen molar-refractivity contribution in [3.05, 3.63) is 58.9 Å². The molecule has 0 saturated carbocycles. The summed E-state index contributed by atoms with van der Waals surface area (Å²) >= 11 is 1.68. The number of carbonyl (C=O) groups excluding carboxylic acids is 1. The Morgan fingerprint density at radius 2 is 1.85 bits per heavy atom. The van der Waals surface area contributed by atoms with Crippen molar-refractivity contribution in [1.29, 1.82) is 0 Å². The number of hydrogen-bond acceptors (Lipinski definition) is 5. The molecule has 1 saturated heterocycles. The first-order chi connectivity index (χ1) is 15.6. The van der Waals surface area contributed by atoms with Crippen molar-refractivity contribution >= 4 is 33.8 Å². The zero-order chi connectivity index (χ0) is 23.7. The highest BCUT2D eigenvalue weighted by Gasteiger charge is 2.44. The van der Waals surface area contributed by atoms with E-state index in [2.05, 4.69) is 54.5 Å². The van der Waals surface area contributed by atoms with Gasteiger partial charge in [0.1, 0.15) is 0 Å². The Kier molecular flexibility index (Phi) is 6.63. The number of para-hydroxylation sites is 1. The molecule has 0 spiro atoms. The number of nitrogens with zero attached hydrogens (tertiary/aromatic N) is 2. The average molecular weight is 466 g/mol. The van der Waals surface area contributed by atoms with Crippen molar-refractivity contribution in [1.82, 2.24) is 10.0 Å². The van der Waals surface area contributed by atoms with Gasteiger partial charge in [-0.3, -0.25) is 14.6 Å². The van der Waals surface area contributed by atoms with Gasteiger partial charge in [-0.15, -0.1) is 11.3 Å². The summed E-state index contributed by atoms with van der Waals surface area (Å²) in [5.41, 5.74) is 0.620. The van der Waals surface area contributed by atoms with Crippen molar-refractivity contribution in [2.24, 2.45) is 5.41 Å². The van der Waals surface area contributed by atoms with Crippen molar-refractivity contribution in [3.63, 3.8) is 0 Å². The standard InChI is InChI=1S/C27H35N3O2S/c1-25(2)14-9-15-26(3,4)30(25)32-19-27(5,18-21-12-8-17-33-21)24(31)29-22-13-6-10-20-11-7-16-28-23(20)22/h6-8,10-13,16-17H,9,14-15,18-19H2,1-5H3,(H,29,31). The minimum atomic E-state index is -0.745. The number of hydrogen-bond donors (Lipinski definition) is 1. The Morgan fingerprint density at radius 1 is 1.12 bits per heavy atom. The molecule has 0 aliphatic carbocycles. The summed E-state index contributed by atoms with van der Waals surface area (Å²) in [6.45, 7) is 11.2. The van der Waals surface area contributed by atoms with Crippen molar-refractivity contribution in [3.8, 4) is 0 Å². The van der Waals surface area contributed by atoms with E-state index in [1.54, 1.807) is 17.5 Å². The van der Waals surface area contributed by atoms with E-state index >= 15 is 0 Å². The minimum absolute atomic E-state index is 0.0540. The lowest BCUT2D eigenvalue weighted by Crippen LogP contribution is -2.59. The second-order valence-corrected chi connectivity index (χ2v) is 11.7. The number of benzene rings is 1. The van der Waals surface area contributed by atoms with E-state index in [-0.39, 0.29) is 17.0 Å². The van der Waals surface area contributed by atoms with Gasteiger partial charge in [0.15, 0.2) is 0 Å².